The quantitative estimate of drug-likeness (QED) is 0.528. The van der Waals surface area contributed by atoms with Crippen molar-refractivity contribution in [3.63, 3.8) is 0 Å². The number of aliphatic hydroxyl groups is 1. The van der Waals surface area contributed by atoms with Crippen molar-refractivity contribution in [2.75, 3.05) is 20.8 Å². The van der Waals surface area contributed by atoms with Gasteiger partial charge in [0.15, 0.2) is 0 Å². The van der Waals surface area contributed by atoms with Crippen LogP contribution < -0.4 is 9.47 Å². The molecule has 8 nitrogen and oxygen atoms in total. The maximum Gasteiger partial charge on any atom is 0.410 e. The molecule has 2 aliphatic rings. The number of aliphatic hydroxyl groups excluding tert-OH is 1. The zero-order valence-electron chi connectivity index (χ0n) is 19.6. The summed E-state index contributed by atoms with van der Waals surface area (Å²) in [5, 5.41) is 10.7. The Morgan fingerprint density at radius 1 is 1.31 bits per heavy atom. The van der Waals surface area contributed by atoms with E-state index in [0.29, 0.717) is 24.3 Å². The highest BCUT2D eigenvalue weighted by atomic mass is 16.6. The average molecular weight is 448 g/mol. The maximum absolute atomic E-state index is 12.6. The predicted octanol–water partition coefficient (Wildman–Crippen LogP) is 3.33. The van der Waals surface area contributed by atoms with Crippen molar-refractivity contribution in [1.29, 1.82) is 0 Å². The Morgan fingerprint density at radius 2 is 2.03 bits per heavy atom. The summed E-state index contributed by atoms with van der Waals surface area (Å²) in [4.78, 5) is 25.5. The van der Waals surface area contributed by atoms with Gasteiger partial charge in [0.2, 0.25) is 0 Å². The zero-order valence-corrected chi connectivity index (χ0v) is 19.6. The summed E-state index contributed by atoms with van der Waals surface area (Å²) in [5.41, 5.74) is 0.369. The van der Waals surface area contributed by atoms with Crippen LogP contribution in [0.1, 0.15) is 51.7 Å². The van der Waals surface area contributed by atoms with Gasteiger partial charge in [-0.2, -0.15) is 0 Å². The molecule has 0 unspecified atom stereocenters. The van der Waals surface area contributed by atoms with E-state index < -0.39 is 29.3 Å². The Balaban J connectivity index is 2.02. The Morgan fingerprint density at radius 3 is 2.66 bits per heavy atom. The standard InChI is InChI=1S/C24H33NO7/c1-15(26)30-11-10-24-9-7-8-18(27)21(24)31-19-13-17(29-6)12-16(20(19)24)14-25(5)22(28)32-23(2,3)4/h7,9,12-13,18,21,27H,8,10-11,14H2,1-6H3/t18-,21+,24-/m0/s1. The number of carbonyl (C=O) groups excluding carboxylic acids is 2. The summed E-state index contributed by atoms with van der Waals surface area (Å²) in [5.74, 6) is 0.816. The monoisotopic (exact) mass is 447 g/mol. The summed E-state index contributed by atoms with van der Waals surface area (Å²) < 4.78 is 22.4. The van der Waals surface area contributed by atoms with Crippen LogP contribution in [0.5, 0.6) is 11.5 Å². The lowest BCUT2D eigenvalue weighted by Gasteiger charge is -2.38. The Bertz CT molecular complexity index is 904. The van der Waals surface area contributed by atoms with Gasteiger partial charge in [0.25, 0.3) is 0 Å². The van der Waals surface area contributed by atoms with Crippen LogP contribution in [0.4, 0.5) is 4.79 Å². The molecule has 1 aliphatic heterocycles. The molecular formula is C24H33NO7. The van der Waals surface area contributed by atoms with Crippen molar-refractivity contribution in [2.24, 2.45) is 0 Å². The first-order valence-electron chi connectivity index (χ1n) is 10.8. The lowest BCUT2D eigenvalue weighted by atomic mass is 9.68. The molecule has 1 N–H and O–H groups in total. The molecule has 0 saturated heterocycles. The van der Waals surface area contributed by atoms with Gasteiger partial charge in [-0.15, -0.1) is 0 Å². The SMILES string of the molecule is COc1cc(CN(C)C(=O)OC(C)(C)C)c2c(c1)O[C@@H]1[C@@H](O)CC=C[C@]21CCOC(C)=O. The predicted molar refractivity (Wildman–Crippen MR) is 118 cm³/mol. The van der Waals surface area contributed by atoms with E-state index >= 15 is 0 Å². The molecule has 176 valence electrons. The molecule has 1 aromatic carbocycles. The molecular weight excluding hydrogens is 414 g/mol. The van der Waals surface area contributed by atoms with Gasteiger partial charge >= 0.3 is 12.1 Å². The number of rotatable bonds is 6. The lowest BCUT2D eigenvalue weighted by molar-refractivity contribution is -0.141. The van der Waals surface area contributed by atoms with Crippen LogP contribution in [0.15, 0.2) is 24.3 Å². The van der Waals surface area contributed by atoms with Crippen LogP contribution in [0.2, 0.25) is 0 Å². The molecule has 0 radical (unpaired) electrons. The highest BCUT2D eigenvalue weighted by Gasteiger charge is 2.53. The van der Waals surface area contributed by atoms with Crippen LogP contribution in [-0.2, 0) is 26.2 Å². The molecule has 0 spiro atoms. The molecule has 1 heterocycles. The van der Waals surface area contributed by atoms with E-state index in [9.17, 15) is 14.7 Å². The van der Waals surface area contributed by atoms with E-state index in [1.165, 1.54) is 11.8 Å². The minimum absolute atomic E-state index is 0.180. The summed E-state index contributed by atoms with van der Waals surface area (Å²) >= 11 is 0. The molecule has 1 amide bonds. The number of ether oxygens (including phenoxy) is 4. The number of benzene rings is 1. The van der Waals surface area contributed by atoms with Gasteiger partial charge in [0.1, 0.15) is 23.2 Å². The summed E-state index contributed by atoms with van der Waals surface area (Å²) in [6, 6.07) is 3.66. The molecule has 3 atom stereocenters. The fourth-order valence-electron chi connectivity index (χ4n) is 4.41. The van der Waals surface area contributed by atoms with E-state index in [-0.39, 0.29) is 19.1 Å². The highest BCUT2D eigenvalue weighted by molar-refractivity contribution is 5.68. The van der Waals surface area contributed by atoms with E-state index in [2.05, 4.69) is 0 Å². The van der Waals surface area contributed by atoms with Crippen molar-refractivity contribution in [1.82, 2.24) is 4.90 Å². The van der Waals surface area contributed by atoms with Gasteiger partial charge in [-0.1, -0.05) is 12.2 Å². The molecule has 3 rings (SSSR count). The van der Waals surface area contributed by atoms with Gasteiger partial charge in [0, 0.05) is 32.1 Å². The van der Waals surface area contributed by atoms with Crippen LogP contribution in [0.25, 0.3) is 0 Å². The van der Waals surface area contributed by atoms with Crippen LogP contribution >= 0.6 is 0 Å². The maximum atomic E-state index is 12.6. The number of nitrogens with zero attached hydrogens (tertiary/aromatic N) is 1. The second-order valence-electron chi connectivity index (χ2n) is 9.37. The molecule has 0 saturated carbocycles. The van der Waals surface area contributed by atoms with Crippen LogP contribution in [0.3, 0.4) is 0 Å². The molecule has 1 aliphatic carbocycles. The summed E-state index contributed by atoms with van der Waals surface area (Å²) in [7, 11) is 3.24. The topological polar surface area (TPSA) is 94.5 Å². The smallest absolute Gasteiger partial charge is 0.410 e. The van der Waals surface area contributed by atoms with E-state index in [0.717, 1.165) is 11.1 Å². The first-order valence-corrected chi connectivity index (χ1v) is 10.8. The second-order valence-corrected chi connectivity index (χ2v) is 9.37. The number of fused-ring (bicyclic) bond motifs is 3. The van der Waals surface area contributed by atoms with Crippen molar-refractivity contribution in [2.45, 2.75) is 70.3 Å². The fraction of sp³-hybridized carbons (Fsp3) is 0.583. The Kier molecular flexibility index (Phi) is 6.74. The Labute approximate surface area is 189 Å². The Hall–Kier alpha value is -2.74. The number of carbonyl (C=O) groups is 2. The molecule has 8 heteroatoms. The first kappa shape index (κ1) is 23.9. The number of hydrogen-bond acceptors (Lipinski definition) is 7. The van der Waals surface area contributed by atoms with Gasteiger partial charge in [-0.3, -0.25) is 4.79 Å². The fourth-order valence-corrected chi connectivity index (χ4v) is 4.41. The third kappa shape index (κ3) is 4.85. The average Bonchev–Trinajstić information content (AvgIpc) is 3.02. The summed E-state index contributed by atoms with van der Waals surface area (Å²) in [6.45, 7) is 7.25. The van der Waals surface area contributed by atoms with Crippen molar-refractivity contribution >= 4 is 12.1 Å². The normalized spacial score (nSPS) is 23.6. The zero-order chi connectivity index (χ0) is 23.7. The third-order valence-electron chi connectivity index (χ3n) is 5.70. The molecule has 32 heavy (non-hydrogen) atoms. The largest absolute Gasteiger partial charge is 0.497 e. The number of methoxy groups -OCH3 is 1. The van der Waals surface area contributed by atoms with E-state index in [1.807, 2.05) is 39.0 Å². The van der Waals surface area contributed by atoms with Crippen molar-refractivity contribution in [3.8, 4) is 11.5 Å². The number of hydrogen-bond donors (Lipinski definition) is 1. The first-order chi connectivity index (χ1) is 15.0. The van der Waals surface area contributed by atoms with Crippen molar-refractivity contribution < 1.29 is 33.6 Å². The minimum Gasteiger partial charge on any atom is -0.497 e. The van der Waals surface area contributed by atoms with E-state index in [4.69, 9.17) is 18.9 Å². The lowest BCUT2D eigenvalue weighted by Crippen LogP contribution is -2.48. The highest BCUT2D eigenvalue weighted by Crippen LogP contribution is 2.52. The number of amides is 1. The third-order valence-corrected chi connectivity index (χ3v) is 5.70. The van der Waals surface area contributed by atoms with Crippen LogP contribution in [0, 0.1) is 0 Å². The molecule has 1 aromatic rings. The van der Waals surface area contributed by atoms with Gasteiger partial charge in [-0.05, 0) is 45.2 Å². The van der Waals surface area contributed by atoms with Crippen molar-refractivity contribution in [3.05, 3.63) is 35.4 Å². The second kappa shape index (κ2) is 9.02. The molecule has 0 fully saturated rings. The minimum atomic E-state index is -0.716. The van der Waals surface area contributed by atoms with Gasteiger partial charge < -0.3 is 29.0 Å². The van der Waals surface area contributed by atoms with E-state index in [1.54, 1.807) is 20.2 Å². The van der Waals surface area contributed by atoms with Gasteiger partial charge in [-0.25, -0.2) is 4.79 Å². The number of esters is 1. The van der Waals surface area contributed by atoms with Crippen LogP contribution in [-0.4, -0.2) is 60.6 Å². The molecule has 0 bridgehead atoms. The van der Waals surface area contributed by atoms with Gasteiger partial charge in [0.05, 0.1) is 25.2 Å². The molecule has 0 aromatic heterocycles. The summed E-state index contributed by atoms with van der Waals surface area (Å²) in [6.07, 6.45) is 3.17.